The van der Waals surface area contributed by atoms with Gasteiger partial charge >= 0.3 is 0 Å². The van der Waals surface area contributed by atoms with Gasteiger partial charge in [-0.3, -0.25) is 14.5 Å². The molecule has 1 aliphatic rings. The molecule has 1 aromatic rings. The summed E-state index contributed by atoms with van der Waals surface area (Å²) < 4.78 is 24.9. The Balaban J connectivity index is 2.61. The average Bonchev–Trinajstić information content (AvgIpc) is 2.54. The van der Waals surface area contributed by atoms with Crippen LogP contribution in [0.3, 0.4) is 0 Å². The monoisotopic (exact) mass is 268 g/mol. The summed E-state index contributed by atoms with van der Waals surface area (Å²) in [5, 5.41) is 0. The largest absolute Gasteiger partial charge is 0.277 e. The molecule has 96 valence electrons. The minimum Gasteiger partial charge on any atom is -0.277 e. The number of imide groups is 1. The summed E-state index contributed by atoms with van der Waals surface area (Å²) in [7, 11) is 0.569. The number of sulfonamides is 1. The van der Waals surface area contributed by atoms with Crippen molar-refractivity contribution in [1.29, 1.82) is 0 Å². The third-order valence-corrected chi connectivity index (χ3v) is 4.65. The number of rotatable bonds is 2. The molecule has 2 rings (SSSR count). The molecule has 7 heteroatoms. The first-order chi connectivity index (χ1) is 8.26. The fourth-order valence-corrected chi connectivity index (χ4v) is 2.64. The highest BCUT2D eigenvalue weighted by Gasteiger charge is 2.34. The second kappa shape index (κ2) is 3.89. The minimum absolute atomic E-state index is 0.00250. The lowest BCUT2D eigenvalue weighted by Crippen LogP contribution is -2.24. The summed E-state index contributed by atoms with van der Waals surface area (Å²) in [5.41, 5.74) is 0.366. The van der Waals surface area contributed by atoms with Gasteiger partial charge in [-0.05, 0) is 18.2 Å². The SMILES string of the molecule is CN1C(=O)c2ccc(S(=O)(=O)N(C)C)cc2C1=O. The van der Waals surface area contributed by atoms with Gasteiger partial charge in [0.1, 0.15) is 0 Å². The molecule has 0 saturated heterocycles. The third kappa shape index (κ3) is 1.63. The summed E-state index contributed by atoms with van der Waals surface area (Å²) >= 11 is 0. The van der Waals surface area contributed by atoms with Crippen LogP contribution in [0.2, 0.25) is 0 Å². The molecule has 0 radical (unpaired) electrons. The fraction of sp³-hybridized carbons (Fsp3) is 0.273. The van der Waals surface area contributed by atoms with Crippen LogP contribution < -0.4 is 0 Å². The van der Waals surface area contributed by atoms with Crippen molar-refractivity contribution in [2.24, 2.45) is 0 Å². The zero-order chi connectivity index (χ0) is 13.7. The highest BCUT2D eigenvalue weighted by molar-refractivity contribution is 7.89. The van der Waals surface area contributed by atoms with Gasteiger partial charge in [0.2, 0.25) is 10.0 Å². The van der Waals surface area contributed by atoms with Crippen LogP contribution in [0.4, 0.5) is 0 Å². The molecule has 0 bridgehead atoms. The average molecular weight is 268 g/mol. The Kier molecular flexibility index (Phi) is 2.75. The Hall–Kier alpha value is -1.73. The predicted octanol–water partition coefficient (Wildman–Crippen LogP) is 0.163. The van der Waals surface area contributed by atoms with E-state index in [0.29, 0.717) is 0 Å². The van der Waals surface area contributed by atoms with Gasteiger partial charge < -0.3 is 0 Å². The summed E-state index contributed by atoms with van der Waals surface area (Å²) in [6.45, 7) is 0. The zero-order valence-electron chi connectivity index (χ0n) is 10.2. The first kappa shape index (κ1) is 12.7. The molecular weight excluding hydrogens is 256 g/mol. The fourth-order valence-electron chi connectivity index (χ4n) is 1.71. The number of carbonyl (C=O) groups excluding carboxylic acids is 2. The third-order valence-electron chi connectivity index (χ3n) is 2.84. The molecule has 18 heavy (non-hydrogen) atoms. The van der Waals surface area contributed by atoms with Crippen LogP contribution in [0.1, 0.15) is 20.7 Å². The molecule has 0 spiro atoms. The highest BCUT2D eigenvalue weighted by atomic mass is 32.2. The van der Waals surface area contributed by atoms with E-state index in [4.69, 9.17) is 0 Å². The number of fused-ring (bicyclic) bond motifs is 1. The van der Waals surface area contributed by atoms with Crippen LogP contribution in [0.15, 0.2) is 23.1 Å². The number of nitrogens with zero attached hydrogens (tertiary/aromatic N) is 2. The summed E-state index contributed by atoms with van der Waals surface area (Å²) in [6.07, 6.45) is 0. The molecule has 2 amide bonds. The van der Waals surface area contributed by atoms with Crippen molar-refractivity contribution >= 4 is 21.8 Å². The van der Waals surface area contributed by atoms with Crippen molar-refractivity contribution in [3.05, 3.63) is 29.3 Å². The lowest BCUT2D eigenvalue weighted by atomic mass is 10.1. The van der Waals surface area contributed by atoms with Crippen LogP contribution in [0.5, 0.6) is 0 Å². The van der Waals surface area contributed by atoms with Crippen LogP contribution in [0.25, 0.3) is 0 Å². The van der Waals surface area contributed by atoms with Crippen LogP contribution in [-0.2, 0) is 10.0 Å². The lowest BCUT2D eigenvalue weighted by molar-refractivity contribution is 0.0693. The molecule has 0 fully saturated rings. The normalized spacial score (nSPS) is 15.4. The van der Waals surface area contributed by atoms with E-state index in [0.717, 1.165) is 9.21 Å². The van der Waals surface area contributed by atoms with E-state index in [1.54, 1.807) is 0 Å². The summed E-state index contributed by atoms with van der Waals surface area (Å²) in [5.74, 6) is -0.894. The van der Waals surface area contributed by atoms with E-state index in [-0.39, 0.29) is 16.0 Å². The summed E-state index contributed by atoms with van der Waals surface area (Å²) in [4.78, 5) is 24.4. The van der Waals surface area contributed by atoms with E-state index >= 15 is 0 Å². The molecule has 0 aliphatic carbocycles. The number of hydrogen-bond acceptors (Lipinski definition) is 4. The van der Waals surface area contributed by atoms with E-state index in [2.05, 4.69) is 0 Å². The molecule has 0 aromatic heterocycles. The molecule has 0 N–H and O–H groups in total. The Morgan fingerprint density at radius 3 is 2.17 bits per heavy atom. The van der Waals surface area contributed by atoms with E-state index in [1.807, 2.05) is 0 Å². The van der Waals surface area contributed by atoms with Gasteiger partial charge in [0, 0.05) is 21.1 Å². The second-order valence-electron chi connectivity index (χ2n) is 4.16. The minimum atomic E-state index is -3.61. The van der Waals surface area contributed by atoms with Crippen molar-refractivity contribution in [2.75, 3.05) is 21.1 Å². The van der Waals surface area contributed by atoms with Gasteiger partial charge in [-0.1, -0.05) is 0 Å². The second-order valence-corrected chi connectivity index (χ2v) is 6.32. The molecule has 6 nitrogen and oxygen atoms in total. The van der Waals surface area contributed by atoms with Crippen molar-refractivity contribution in [1.82, 2.24) is 9.21 Å². The lowest BCUT2D eigenvalue weighted by Gasteiger charge is -2.11. The number of carbonyl (C=O) groups is 2. The topological polar surface area (TPSA) is 74.8 Å². The predicted molar refractivity (Wildman–Crippen MR) is 63.7 cm³/mol. The first-order valence-corrected chi connectivity index (χ1v) is 6.60. The Morgan fingerprint density at radius 1 is 1.06 bits per heavy atom. The quantitative estimate of drug-likeness (QED) is 0.716. The molecule has 1 heterocycles. The van der Waals surface area contributed by atoms with E-state index in [9.17, 15) is 18.0 Å². The molecule has 0 unspecified atom stereocenters. The van der Waals surface area contributed by atoms with Gasteiger partial charge in [0.05, 0.1) is 16.0 Å². The summed E-state index contributed by atoms with van der Waals surface area (Å²) in [6, 6.07) is 3.95. The number of amides is 2. The maximum absolute atomic E-state index is 11.9. The zero-order valence-corrected chi connectivity index (χ0v) is 11.0. The van der Waals surface area contributed by atoms with E-state index < -0.39 is 21.8 Å². The maximum Gasteiger partial charge on any atom is 0.261 e. The van der Waals surface area contributed by atoms with Gasteiger partial charge in [0.25, 0.3) is 11.8 Å². The van der Waals surface area contributed by atoms with Crippen molar-refractivity contribution in [2.45, 2.75) is 4.90 Å². The van der Waals surface area contributed by atoms with Crippen molar-refractivity contribution < 1.29 is 18.0 Å². The van der Waals surface area contributed by atoms with Crippen molar-refractivity contribution in [3.8, 4) is 0 Å². The number of hydrogen-bond donors (Lipinski definition) is 0. The molecular formula is C11H12N2O4S. The van der Waals surface area contributed by atoms with Gasteiger partial charge in [-0.25, -0.2) is 12.7 Å². The van der Waals surface area contributed by atoms with Crippen LogP contribution in [0, 0.1) is 0 Å². The maximum atomic E-state index is 11.9. The van der Waals surface area contributed by atoms with Gasteiger partial charge in [-0.15, -0.1) is 0 Å². The number of benzene rings is 1. The molecule has 0 atom stereocenters. The van der Waals surface area contributed by atoms with Crippen LogP contribution in [-0.4, -0.2) is 50.6 Å². The first-order valence-electron chi connectivity index (χ1n) is 5.16. The Morgan fingerprint density at radius 2 is 1.61 bits per heavy atom. The van der Waals surface area contributed by atoms with E-state index in [1.165, 1.54) is 39.3 Å². The van der Waals surface area contributed by atoms with Crippen molar-refractivity contribution in [3.63, 3.8) is 0 Å². The Labute approximate surface area is 105 Å². The van der Waals surface area contributed by atoms with Gasteiger partial charge in [0.15, 0.2) is 0 Å². The highest BCUT2D eigenvalue weighted by Crippen LogP contribution is 2.25. The van der Waals surface area contributed by atoms with Crippen LogP contribution >= 0.6 is 0 Å². The molecule has 1 aliphatic heterocycles. The smallest absolute Gasteiger partial charge is 0.261 e. The molecule has 0 saturated carbocycles. The van der Waals surface area contributed by atoms with Gasteiger partial charge in [-0.2, -0.15) is 0 Å². The molecule has 1 aromatic carbocycles. The Bertz CT molecular complexity index is 649. The standard InChI is InChI=1S/C11H12N2O4S/c1-12(2)18(16,17)7-4-5-8-9(6-7)11(15)13(3)10(8)14/h4-6H,1-3H3.